The van der Waals surface area contributed by atoms with Gasteiger partial charge in [0.1, 0.15) is 0 Å². The molecule has 5 N–H and O–H groups in total. The van der Waals surface area contributed by atoms with Crippen LogP contribution in [0.2, 0.25) is 0 Å². The zero-order valence-electron chi connectivity index (χ0n) is 29.2. The maximum atomic E-state index is 13.6. The number of carbonyl (C=O) groups is 3. The van der Waals surface area contributed by atoms with Crippen LogP contribution in [-0.4, -0.2) is 46.4 Å². The number of aliphatic carboxylic acids is 1. The molecule has 0 aliphatic carbocycles. The molecule has 0 unspecified atom stereocenters. The summed E-state index contributed by atoms with van der Waals surface area (Å²) < 4.78 is 0. The number of carboxylic acids is 1. The Balaban J connectivity index is 4.59. The molecule has 0 bridgehead atoms. The van der Waals surface area contributed by atoms with Crippen LogP contribution in [0.3, 0.4) is 0 Å². The SMILES string of the molecule is CCCCCCCCCCCCCCCCCCN(C(N)=O)[C@@](CCCCN)(C(=O)O)C(=O)CCCCCCCCCCC. The Morgan fingerprint density at radius 1 is 0.545 bits per heavy atom. The van der Waals surface area contributed by atoms with E-state index in [0.29, 0.717) is 32.2 Å². The fraction of sp³-hybridized carbons (Fsp3) is 0.919. The molecule has 7 heteroatoms. The van der Waals surface area contributed by atoms with Crippen LogP contribution < -0.4 is 11.5 Å². The van der Waals surface area contributed by atoms with E-state index in [0.717, 1.165) is 38.5 Å². The van der Waals surface area contributed by atoms with Gasteiger partial charge in [0.05, 0.1) is 0 Å². The van der Waals surface area contributed by atoms with E-state index in [1.165, 1.54) is 114 Å². The predicted molar refractivity (Wildman–Crippen MR) is 186 cm³/mol. The molecule has 7 nitrogen and oxygen atoms in total. The third-order valence-electron chi connectivity index (χ3n) is 9.28. The highest BCUT2D eigenvalue weighted by Crippen LogP contribution is 2.28. The van der Waals surface area contributed by atoms with Crippen molar-refractivity contribution in [1.82, 2.24) is 4.90 Å². The summed E-state index contributed by atoms with van der Waals surface area (Å²) in [5.41, 5.74) is 9.54. The van der Waals surface area contributed by atoms with Gasteiger partial charge in [-0.25, -0.2) is 9.59 Å². The maximum absolute atomic E-state index is 13.6. The summed E-state index contributed by atoms with van der Waals surface area (Å²) in [7, 11) is 0. The standard InChI is InChI=1S/C37H73N3O4/c1-3-5-7-9-11-13-14-15-16-17-18-19-21-23-25-29-33-40(36(39)44)37(35(42)43,31-27-28-32-38)34(41)30-26-24-22-20-12-10-8-6-4-2/h3-33,38H2,1-2H3,(H2,39,44)(H,42,43)/t37-/m1/s1. The van der Waals surface area contributed by atoms with Gasteiger partial charge in [-0.2, -0.15) is 0 Å². The average molecular weight is 624 g/mol. The van der Waals surface area contributed by atoms with Crippen molar-refractivity contribution < 1.29 is 19.5 Å². The molecule has 2 amide bonds. The fourth-order valence-corrected chi connectivity index (χ4v) is 6.40. The van der Waals surface area contributed by atoms with E-state index >= 15 is 0 Å². The molecular formula is C37H73N3O4. The second-order valence-corrected chi connectivity index (χ2v) is 13.2. The molecule has 0 aromatic carbocycles. The molecule has 0 saturated carbocycles. The van der Waals surface area contributed by atoms with Crippen molar-refractivity contribution in [3.63, 3.8) is 0 Å². The molecule has 0 aliphatic heterocycles. The van der Waals surface area contributed by atoms with Crippen molar-refractivity contribution >= 4 is 17.8 Å². The van der Waals surface area contributed by atoms with Crippen LogP contribution in [-0.2, 0) is 9.59 Å². The molecule has 0 heterocycles. The zero-order chi connectivity index (χ0) is 32.7. The van der Waals surface area contributed by atoms with Crippen molar-refractivity contribution in [3.8, 4) is 0 Å². The minimum absolute atomic E-state index is 0.0671. The third-order valence-corrected chi connectivity index (χ3v) is 9.28. The molecule has 0 fully saturated rings. The molecule has 44 heavy (non-hydrogen) atoms. The lowest BCUT2D eigenvalue weighted by molar-refractivity contribution is -0.156. The fourth-order valence-electron chi connectivity index (χ4n) is 6.40. The molecule has 0 rings (SSSR count). The predicted octanol–water partition coefficient (Wildman–Crippen LogP) is 10.1. The Bertz CT molecular complexity index is 702. The lowest BCUT2D eigenvalue weighted by atomic mass is 9.83. The van der Waals surface area contributed by atoms with Gasteiger partial charge in [-0.3, -0.25) is 4.79 Å². The number of primary amides is 1. The van der Waals surface area contributed by atoms with E-state index in [1.54, 1.807) is 0 Å². The summed E-state index contributed by atoms with van der Waals surface area (Å²) in [6.45, 7) is 5.09. The summed E-state index contributed by atoms with van der Waals surface area (Å²) >= 11 is 0. The molecule has 0 aromatic rings. The largest absolute Gasteiger partial charge is 0.479 e. The summed E-state index contributed by atoms with van der Waals surface area (Å²) in [5.74, 6) is -1.65. The number of ketones is 1. The second-order valence-electron chi connectivity index (χ2n) is 13.2. The van der Waals surface area contributed by atoms with E-state index in [2.05, 4.69) is 13.8 Å². The molecule has 1 atom stereocenters. The second kappa shape index (κ2) is 30.0. The first-order valence-electron chi connectivity index (χ1n) is 18.9. The Hall–Kier alpha value is -1.63. The van der Waals surface area contributed by atoms with Gasteiger partial charge < -0.3 is 21.5 Å². The van der Waals surface area contributed by atoms with Crippen LogP contribution in [0.15, 0.2) is 0 Å². The third kappa shape index (κ3) is 20.4. The maximum Gasteiger partial charge on any atom is 0.337 e. The number of urea groups is 1. The van der Waals surface area contributed by atoms with Crippen LogP contribution in [0.5, 0.6) is 0 Å². The lowest BCUT2D eigenvalue weighted by Crippen LogP contribution is -2.63. The van der Waals surface area contributed by atoms with E-state index in [1.807, 2.05) is 0 Å². The number of amides is 2. The molecular weight excluding hydrogens is 550 g/mol. The summed E-state index contributed by atoms with van der Waals surface area (Å²) in [6.07, 6.45) is 31.1. The number of nitrogens with two attached hydrogens (primary N) is 2. The Morgan fingerprint density at radius 2 is 0.909 bits per heavy atom. The van der Waals surface area contributed by atoms with Gasteiger partial charge in [0.25, 0.3) is 0 Å². The molecule has 0 aliphatic rings. The number of carbonyl (C=O) groups excluding carboxylic acids is 2. The van der Waals surface area contributed by atoms with Crippen LogP contribution >= 0.6 is 0 Å². The Labute approximate surface area is 272 Å². The monoisotopic (exact) mass is 624 g/mol. The van der Waals surface area contributed by atoms with E-state index in [4.69, 9.17) is 11.5 Å². The quantitative estimate of drug-likeness (QED) is 0.0485. The van der Waals surface area contributed by atoms with Crippen molar-refractivity contribution in [2.45, 2.75) is 206 Å². The first kappa shape index (κ1) is 42.4. The van der Waals surface area contributed by atoms with E-state index in [-0.39, 0.29) is 25.2 Å². The van der Waals surface area contributed by atoms with Crippen molar-refractivity contribution in [1.29, 1.82) is 0 Å². The number of hydrogen-bond donors (Lipinski definition) is 3. The number of rotatable bonds is 34. The van der Waals surface area contributed by atoms with Crippen LogP contribution in [0, 0.1) is 0 Å². The Morgan fingerprint density at radius 3 is 1.25 bits per heavy atom. The summed E-state index contributed by atoms with van der Waals surface area (Å²) in [4.78, 5) is 40.1. The molecule has 0 saturated heterocycles. The van der Waals surface area contributed by atoms with E-state index < -0.39 is 17.5 Å². The van der Waals surface area contributed by atoms with Gasteiger partial charge in [0.15, 0.2) is 5.78 Å². The molecule has 0 aromatic heterocycles. The highest BCUT2D eigenvalue weighted by molar-refractivity contribution is 6.10. The van der Waals surface area contributed by atoms with Crippen LogP contribution in [0.25, 0.3) is 0 Å². The van der Waals surface area contributed by atoms with Crippen molar-refractivity contribution in [2.24, 2.45) is 11.5 Å². The van der Waals surface area contributed by atoms with Crippen molar-refractivity contribution in [3.05, 3.63) is 0 Å². The van der Waals surface area contributed by atoms with Crippen LogP contribution in [0.4, 0.5) is 4.79 Å². The van der Waals surface area contributed by atoms with Gasteiger partial charge in [-0.1, -0.05) is 162 Å². The van der Waals surface area contributed by atoms with Crippen LogP contribution in [0.1, 0.15) is 200 Å². The normalized spacial score (nSPS) is 12.7. The first-order chi connectivity index (χ1) is 21.4. The number of carboxylic acid groups (broad SMARTS) is 1. The Kier molecular flexibility index (Phi) is 28.9. The lowest BCUT2D eigenvalue weighted by Gasteiger charge is -2.39. The topological polar surface area (TPSA) is 127 Å². The highest BCUT2D eigenvalue weighted by atomic mass is 16.4. The molecule has 0 spiro atoms. The number of hydrogen-bond acceptors (Lipinski definition) is 4. The molecule has 260 valence electrons. The number of Topliss-reactive ketones (excluding diaryl/α,β-unsaturated/α-hetero) is 1. The zero-order valence-corrected chi connectivity index (χ0v) is 29.2. The van der Waals surface area contributed by atoms with Gasteiger partial charge >= 0.3 is 12.0 Å². The number of unbranched alkanes of at least 4 members (excludes halogenated alkanes) is 24. The smallest absolute Gasteiger partial charge is 0.337 e. The average Bonchev–Trinajstić information content (AvgIpc) is 3.00. The van der Waals surface area contributed by atoms with Gasteiger partial charge in [0.2, 0.25) is 5.54 Å². The van der Waals surface area contributed by atoms with E-state index in [9.17, 15) is 19.5 Å². The van der Waals surface area contributed by atoms with Gasteiger partial charge in [0, 0.05) is 13.0 Å². The van der Waals surface area contributed by atoms with Crippen molar-refractivity contribution in [2.75, 3.05) is 13.1 Å². The van der Waals surface area contributed by atoms with Gasteiger partial charge in [-0.05, 0) is 38.6 Å². The minimum Gasteiger partial charge on any atom is -0.479 e. The van der Waals surface area contributed by atoms with Gasteiger partial charge in [-0.15, -0.1) is 0 Å². The minimum atomic E-state index is -1.89. The molecule has 0 radical (unpaired) electrons. The first-order valence-corrected chi connectivity index (χ1v) is 18.9. The summed E-state index contributed by atoms with van der Waals surface area (Å²) in [6, 6.07) is -0.818. The highest BCUT2D eigenvalue weighted by Gasteiger charge is 2.51. The summed E-state index contributed by atoms with van der Waals surface area (Å²) in [5, 5.41) is 10.4. The number of nitrogens with zero attached hydrogens (tertiary/aromatic N) is 1.